The van der Waals surface area contributed by atoms with Crippen molar-refractivity contribution in [2.75, 3.05) is 6.61 Å². The van der Waals surface area contributed by atoms with E-state index < -0.39 is 0 Å². The third kappa shape index (κ3) is 3.21. The summed E-state index contributed by atoms with van der Waals surface area (Å²) in [5.74, 6) is 5.80. The minimum Gasteiger partial charge on any atom is -0.494 e. The molecule has 1 amide bonds. The van der Waals surface area contributed by atoms with Crippen molar-refractivity contribution in [3.8, 4) is 17.0 Å². The van der Waals surface area contributed by atoms with E-state index in [0.29, 0.717) is 17.9 Å². The van der Waals surface area contributed by atoms with Crippen LogP contribution in [0.2, 0.25) is 0 Å². The molecule has 5 heteroatoms. The fourth-order valence-electron chi connectivity index (χ4n) is 2.53. The lowest BCUT2D eigenvalue weighted by Gasteiger charge is -2.10. The zero-order chi connectivity index (χ0) is 16.9. The Balaban J connectivity index is 2.04. The lowest BCUT2D eigenvalue weighted by molar-refractivity contribution is 0.0955. The van der Waals surface area contributed by atoms with Crippen LogP contribution in [-0.4, -0.2) is 17.5 Å². The summed E-state index contributed by atoms with van der Waals surface area (Å²) in [4.78, 5) is 16.8. The van der Waals surface area contributed by atoms with Gasteiger partial charge in [0.1, 0.15) is 5.75 Å². The second-order valence-corrected chi connectivity index (χ2v) is 5.42. The number of amides is 1. The zero-order valence-electron chi connectivity index (χ0n) is 13.5. The van der Waals surface area contributed by atoms with Crippen molar-refractivity contribution in [1.29, 1.82) is 0 Å². The SMILES string of the molecule is CCCOc1ccc(-c2cc(C(=O)NN)c3ccccc3n2)cc1. The van der Waals surface area contributed by atoms with Gasteiger partial charge in [-0.15, -0.1) is 0 Å². The number of nitrogens with two attached hydrogens (primary N) is 1. The van der Waals surface area contributed by atoms with E-state index >= 15 is 0 Å². The number of nitrogens with one attached hydrogen (secondary N) is 1. The highest BCUT2D eigenvalue weighted by molar-refractivity contribution is 6.06. The van der Waals surface area contributed by atoms with Crippen molar-refractivity contribution in [3.05, 3.63) is 60.2 Å². The fraction of sp³-hybridized carbons (Fsp3) is 0.158. The Bertz CT molecular complexity index is 860. The van der Waals surface area contributed by atoms with Gasteiger partial charge in [0, 0.05) is 10.9 Å². The van der Waals surface area contributed by atoms with E-state index in [1.807, 2.05) is 48.5 Å². The molecule has 2 aromatic carbocycles. The van der Waals surface area contributed by atoms with Gasteiger partial charge in [-0.05, 0) is 42.8 Å². The van der Waals surface area contributed by atoms with Gasteiger partial charge in [-0.25, -0.2) is 10.8 Å². The maximum Gasteiger partial charge on any atom is 0.265 e. The summed E-state index contributed by atoms with van der Waals surface area (Å²) in [5, 5.41) is 0.770. The number of benzene rings is 2. The maximum atomic E-state index is 12.1. The number of nitrogen functional groups attached to an aromatic ring is 1. The number of hydrogen-bond acceptors (Lipinski definition) is 4. The molecule has 122 valence electrons. The Kier molecular flexibility index (Phi) is 4.72. The van der Waals surface area contributed by atoms with Gasteiger partial charge < -0.3 is 4.74 Å². The summed E-state index contributed by atoms with van der Waals surface area (Å²) < 4.78 is 5.59. The molecule has 0 saturated heterocycles. The Morgan fingerprint density at radius 1 is 1.17 bits per heavy atom. The highest BCUT2D eigenvalue weighted by Gasteiger charge is 2.12. The first-order valence-electron chi connectivity index (χ1n) is 7.87. The number of carbonyl (C=O) groups is 1. The highest BCUT2D eigenvalue weighted by atomic mass is 16.5. The van der Waals surface area contributed by atoms with Crippen molar-refractivity contribution < 1.29 is 9.53 Å². The number of nitrogens with zero attached hydrogens (tertiary/aromatic N) is 1. The molecule has 0 saturated carbocycles. The molecule has 1 aromatic heterocycles. The van der Waals surface area contributed by atoms with Gasteiger partial charge in [-0.3, -0.25) is 10.2 Å². The predicted octanol–water partition coefficient (Wildman–Crippen LogP) is 3.29. The van der Waals surface area contributed by atoms with Crippen molar-refractivity contribution >= 4 is 16.8 Å². The highest BCUT2D eigenvalue weighted by Crippen LogP contribution is 2.26. The Morgan fingerprint density at radius 2 is 1.92 bits per heavy atom. The number of pyridine rings is 1. The van der Waals surface area contributed by atoms with Crippen LogP contribution in [0.4, 0.5) is 0 Å². The first-order valence-corrected chi connectivity index (χ1v) is 7.87. The lowest BCUT2D eigenvalue weighted by Crippen LogP contribution is -2.30. The fourth-order valence-corrected chi connectivity index (χ4v) is 2.53. The molecule has 0 atom stereocenters. The molecule has 3 rings (SSSR count). The molecule has 0 aliphatic carbocycles. The van der Waals surface area contributed by atoms with Gasteiger partial charge in [0.15, 0.2) is 0 Å². The van der Waals surface area contributed by atoms with E-state index in [-0.39, 0.29) is 5.91 Å². The third-order valence-electron chi connectivity index (χ3n) is 3.71. The second kappa shape index (κ2) is 7.10. The number of fused-ring (bicyclic) bond motifs is 1. The van der Waals surface area contributed by atoms with E-state index in [1.165, 1.54) is 0 Å². The lowest BCUT2D eigenvalue weighted by atomic mass is 10.0. The third-order valence-corrected chi connectivity index (χ3v) is 3.71. The summed E-state index contributed by atoms with van der Waals surface area (Å²) in [6, 6.07) is 16.9. The molecule has 5 nitrogen and oxygen atoms in total. The first kappa shape index (κ1) is 16.0. The number of ether oxygens (including phenoxy) is 1. The summed E-state index contributed by atoms with van der Waals surface area (Å²) in [6.45, 7) is 2.76. The second-order valence-electron chi connectivity index (χ2n) is 5.42. The van der Waals surface area contributed by atoms with E-state index in [9.17, 15) is 4.79 Å². The molecule has 1 heterocycles. The van der Waals surface area contributed by atoms with Crippen molar-refractivity contribution in [2.45, 2.75) is 13.3 Å². The van der Waals surface area contributed by atoms with Crippen LogP contribution in [0.5, 0.6) is 5.75 Å². The van der Waals surface area contributed by atoms with Crippen LogP contribution in [0, 0.1) is 0 Å². The first-order chi connectivity index (χ1) is 11.7. The van der Waals surface area contributed by atoms with E-state index in [0.717, 1.165) is 28.6 Å². The van der Waals surface area contributed by atoms with Crippen LogP contribution in [0.3, 0.4) is 0 Å². The molecule has 3 N–H and O–H groups in total. The Hall–Kier alpha value is -2.92. The van der Waals surface area contributed by atoms with Gasteiger partial charge in [0.25, 0.3) is 5.91 Å². The van der Waals surface area contributed by atoms with Gasteiger partial charge in [0.05, 0.1) is 23.4 Å². The van der Waals surface area contributed by atoms with Crippen LogP contribution < -0.4 is 16.0 Å². The molecule has 0 fully saturated rings. The maximum absolute atomic E-state index is 12.1. The van der Waals surface area contributed by atoms with Gasteiger partial charge in [-0.1, -0.05) is 25.1 Å². The molecule has 0 unspecified atom stereocenters. The van der Waals surface area contributed by atoms with Crippen molar-refractivity contribution in [3.63, 3.8) is 0 Å². The monoisotopic (exact) mass is 321 g/mol. The summed E-state index contributed by atoms with van der Waals surface area (Å²) in [7, 11) is 0. The van der Waals surface area contributed by atoms with Gasteiger partial charge in [-0.2, -0.15) is 0 Å². The standard InChI is InChI=1S/C19H19N3O2/c1-2-11-24-14-9-7-13(8-10-14)18-12-16(19(23)22-20)15-5-3-4-6-17(15)21-18/h3-10,12H,2,11,20H2,1H3,(H,22,23). The molecule has 0 bridgehead atoms. The number of carbonyl (C=O) groups excluding carboxylic acids is 1. The quantitative estimate of drug-likeness (QED) is 0.429. The van der Waals surface area contributed by atoms with Crippen molar-refractivity contribution in [1.82, 2.24) is 10.4 Å². The molecule has 24 heavy (non-hydrogen) atoms. The minimum atomic E-state index is -0.335. The number of aromatic nitrogens is 1. The Morgan fingerprint density at radius 3 is 2.62 bits per heavy atom. The molecule has 0 aliphatic rings. The molecule has 0 radical (unpaired) electrons. The summed E-state index contributed by atoms with van der Waals surface area (Å²) in [6.07, 6.45) is 0.964. The van der Waals surface area contributed by atoms with E-state index in [4.69, 9.17) is 10.6 Å². The van der Waals surface area contributed by atoms with Gasteiger partial charge >= 0.3 is 0 Å². The number of hydrazine groups is 1. The Labute approximate surface area is 140 Å². The summed E-state index contributed by atoms with van der Waals surface area (Å²) >= 11 is 0. The average Bonchev–Trinajstić information content (AvgIpc) is 2.65. The summed E-state index contributed by atoms with van der Waals surface area (Å²) in [5.41, 5.74) is 5.08. The number of rotatable bonds is 5. The number of hydrogen-bond donors (Lipinski definition) is 2. The smallest absolute Gasteiger partial charge is 0.265 e. The topological polar surface area (TPSA) is 77.2 Å². The molecule has 0 aliphatic heterocycles. The largest absolute Gasteiger partial charge is 0.494 e. The van der Waals surface area contributed by atoms with Gasteiger partial charge in [0.2, 0.25) is 0 Å². The van der Waals surface area contributed by atoms with Crippen LogP contribution in [0.1, 0.15) is 23.7 Å². The zero-order valence-corrected chi connectivity index (χ0v) is 13.5. The van der Waals surface area contributed by atoms with Crippen LogP contribution in [-0.2, 0) is 0 Å². The minimum absolute atomic E-state index is 0.335. The normalized spacial score (nSPS) is 10.6. The predicted molar refractivity (Wildman–Crippen MR) is 94.6 cm³/mol. The van der Waals surface area contributed by atoms with Crippen LogP contribution >= 0.6 is 0 Å². The van der Waals surface area contributed by atoms with E-state index in [1.54, 1.807) is 6.07 Å². The van der Waals surface area contributed by atoms with Crippen LogP contribution in [0.25, 0.3) is 22.2 Å². The molecular formula is C19H19N3O2. The molecule has 3 aromatic rings. The molecule has 0 spiro atoms. The van der Waals surface area contributed by atoms with E-state index in [2.05, 4.69) is 17.3 Å². The van der Waals surface area contributed by atoms with Crippen molar-refractivity contribution in [2.24, 2.45) is 5.84 Å². The average molecular weight is 321 g/mol. The van der Waals surface area contributed by atoms with Crippen LogP contribution in [0.15, 0.2) is 54.6 Å². The number of para-hydroxylation sites is 1. The molecular weight excluding hydrogens is 302 g/mol.